The van der Waals surface area contributed by atoms with Crippen molar-refractivity contribution >= 4 is 12.3 Å². The van der Waals surface area contributed by atoms with Gasteiger partial charge in [-0.05, 0) is 25.2 Å². The lowest BCUT2D eigenvalue weighted by molar-refractivity contribution is -0.133. The van der Waals surface area contributed by atoms with Crippen molar-refractivity contribution in [1.29, 1.82) is 0 Å². The second kappa shape index (κ2) is 10.8. The number of ether oxygens (including phenoxy) is 1. The summed E-state index contributed by atoms with van der Waals surface area (Å²) in [6.45, 7) is 3.44. The Morgan fingerprint density at radius 3 is 2.48 bits per heavy atom. The molecule has 1 heterocycles. The molecular formula is C20H36N2O3. The molecule has 144 valence electrons. The Labute approximate surface area is 152 Å². The van der Waals surface area contributed by atoms with E-state index < -0.39 is 0 Å². The van der Waals surface area contributed by atoms with Gasteiger partial charge in [-0.25, -0.2) is 0 Å². The summed E-state index contributed by atoms with van der Waals surface area (Å²) in [5, 5.41) is 3.11. The molecule has 1 aliphatic heterocycles. The van der Waals surface area contributed by atoms with Gasteiger partial charge in [-0.3, -0.25) is 9.59 Å². The highest BCUT2D eigenvalue weighted by Crippen LogP contribution is 2.26. The molecule has 0 spiro atoms. The molecule has 1 aliphatic carbocycles. The van der Waals surface area contributed by atoms with E-state index in [0.29, 0.717) is 0 Å². The predicted octanol–water partition coefficient (Wildman–Crippen LogP) is 3.13. The van der Waals surface area contributed by atoms with Crippen LogP contribution in [0.4, 0.5) is 0 Å². The van der Waals surface area contributed by atoms with Gasteiger partial charge in [0.25, 0.3) is 0 Å². The summed E-state index contributed by atoms with van der Waals surface area (Å²) >= 11 is 0. The van der Waals surface area contributed by atoms with Crippen LogP contribution >= 0.6 is 0 Å². The largest absolute Gasteiger partial charge is 0.378 e. The monoisotopic (exact) mass is 352 g/mol. The van der Waals surface area contributed by atoms with E-state index in [-0.39, 0.29) is 24.0 Å². The number of amides is 2. The molecule has 25 heavy (non-hydrogen) atoms. The summed E-state index contributed by atoms with van der Waals surface area (Å²) in [6, 6.07) is 0.0221. The van der Waals surface area contributed by atoms with Crippen LogP contribution in [-0.2, 0) is 14.3 Å². The molecule has 5 heteroatoms. The van der Waals surface area contributed by atoms with Gasteiger partial charge in [0.05, 0.1) is 18.1 Å². The third-order valence-electron chi connectivity index (χ3n) is 6.11. The van der Waals surface area contributed by atoms with Crippen molar-refractivity contribution in [3.63, 3.8) is 0 Å². The van der Waals surface area contributed by atoms with Crippen molar-refractivity contribution in [2.24, 2.45) is 11.8 Å². The molecule has 1 saturated carbocycles. The molecule has 1 N–H and O–H groups in total. The molecule has 1 saturated heterocycles. The maximum atomic E-state index is 12.6. The summed E-state index contributed by atoms with van der Waals surface area (Å²) < 4.78 is 5.61. The first-order valence-electron chi connectivity index (χ1n) is 10.2. The lowest BCUT2D eigenvalue weighted by Gasteiger charge is -2.31. The minimum absolute atomic E-state index is 0.0221. The summed E-state index contributed by atoms with van der Waals surface area (Å²) in [5.74, 6) is 0.567. The quantitative estimate of drug-likeness (QED) is 0.683. The lowest BCUT2D eigenvalue weighted by atomic mass is 9.89. The molecule has 2 rings (SSSR count). The minimum Gasteiger partial charge on any atom is -0.378 e. The minimum atomic E-state index is -0.243. The molecule has 0 aromatic heterocycles. The van der Waals surface area contributed by atoms with Gasteiger partial charge in [0.2, 0.25) is 12.3 Å². The third kappa shape index (κ3) is 5.98. The summed E-state index contributed by atoms with van der Waals surface area (Å²) in [7, 11) is 1.64. The molecule has 0 radical (unpaired) electrons. The number of likely N-dealkylation sites (tertiary alicyclic amines) is 1. The van der Waals surface area contributed by atoms with E-state index in [2.05, 4.69) is 5.32 Å². The summed E-state index contributed by atoms with van der Waals surface area (Å²) in [5.41, 5.74) is 0. The van der Waals surface area contributed by atoms with Crippen LogP contribution < -0.4 is 5.32 Å². The normalized spacial score (nSPS) is 25.0. The van der Waals surface area contributed by atoms with Crippen molar-refractivity contribution in [2.75, 3.05) is 20.2 Å². The van der Waals surface area contributed by atoms with Gasteiger partial charge in [0.15, 0.2) is 0 Å². The van der Waals surface area contributed by atoms with Crippen molar-refractivity contribution < 1.29 is 14.3 Å². The number of nitrogens with one attached hydrogen (secondary N) is 1. The SMILES string of the molecule is COC(C(C)C(=O)NCCC1CCCCCCC1)C1CCCN1C=O. The first-order chi connectivity index (χ1) is 12.2. The second-order valence-electron chi connectivity index (χ2n) is 7.83. The van der Waals surface area contributed by atoms with Crippen molar-refractivity contribution in [2.45, 2.75) is 83.3 Å². The number of hydrogen-bond acceptors (Lipinski definition) is 3. The summed E-state index contributed by atoms with van der Waals surface area (Å²) in [6.07, 6.45) is 13.1. The number of methoxy groups -OCH3 is 1. The number of nitrogens with zero attached hydrogens (tertiary/aromatic N) is 1. The molecular weight excluding hydrogens is 316 g/mol. The van der Waals surface area contributed by atoms with Crippen LogP contribution in [0.15, 0.2) is 0 Å². The van der Waals surface area contributed by atoms with E-state index in [1.165, 1.54) is 44.9 Å². The Morgan fingerprint density at radius 1 is 1.16 bits per heavy atom. The van der Waals surface area contributed by atoms with Gasteiger partial charge in [-0.15, -0.1) is 0 Å². The maximum Gasteiger partial charge on any atom is 0.225 e. The molecule has 5 nitrogen and oxygen atoms in total. The number of carbonyl (C=O) groups is 2. The van der Waals surface area contributed by atoms with E-state index in [4.69, 9.17) is 4.74 Å². The summed E-state index contributed by atoms with van der Waals surface area (Å²) in [4.78, 5) is 25.5. The highest BCUT2D eigenvalue weighted by molar-refractivity contribution is 5.79. The fourth-order valence-electron chi connectivity index (χ4n) is 4.53. The fourth-order valence-corrected chi connectivity index (χ4v) is 4.53. The maximum absolute atomic E-state index is 12.6. The Morgan fingerprint density at radius 2 is 1.84 bits per heavy atom. The van der Waals surface area contributed by atoms with E-state index in [1.54, 1.807) is 12.0 Å². The average molecular weight is 353 g/mol. The molecule has 3 atom stereocenters. The van der Waals surface area contributed by atoms with Crippen LogP contribution in [0.25, 0.3) is 0 Å². The Bertz CT molecular complexity index is 408. The fraction of sp³-hybridized carbons (Fsp3) is 0.900. The van der Waals surface area contributed by atoms with E-state index in [0.717, 1.165) is 44.7 Å². The number of hydrogen-bond donors (Lipinski definition) is 1. The van der Waals surface area contributed by atoms with Gasteiger partial charge < -0.3 is 15.0 Å². The Hall–Kier alpha value is -1.10. The van der Waals surface area contributed by atoms with Crippen LogP contribution in [0.5, 0.6) is 0 Å². The topological polar surface area (TPSA) is 58.6 Å². The zero-order valence-corrected chi connectivity index (χ0v) is 16.0. The molecule has 0 aromatic rings. The van der Waals surface area contributed by atoms with Crippen LogP contribution in [0, 0.1) is 11.8 Å². The van der Waals surface area contributed by atoms with E-state index in [9.17, 15) is 9.59 Å². The third-order valence-corrected chi connectivity index (χ3v) is 6.11. The van der Waals surface area contributed by atoms with Crippen LogP contribution in [-0.4, -0.2) is 49.6 Å². The first kappa shape index (κ1) is 20.2. The number of rotatable bonds is 8. The molecule has 3 unspecified atom stereocenters. The zero-order chi connectivity index (χ0) is 18.1. The van der Waals surface area contributed by atoms with Crippen molar-refractivity contribution in [3.05, 3.63) is 0 Å². The van der Waals surface area contributed by atoms with Gasteiger partial charge in [0.1, 0.15) is 0 Å². The van der Waals surface area contributed by atoms with Crippen LogP contribution in [0.2, 0.25) is 0 Å². The smallest absolute Gasteiger partial charge is 0.225 e. The predicted molar refractivity (Wildman–Crippen MR) is 99.2 cm³/mol. The zero-order valence-electron chi connectivity index (χ0n) is 16.0. The Kier molecular flexibility index (Phi) is 8.73. The second-order valence-corrected chi connectivity index (χ2v) is 7.83. The number of carbonyl (C=O) groups excluding carboxylic acids is 2. The van der Waals surface area contributed by atoms with Crippen molar-refractivity contribution in [1.82, 2.24) is 10.2 Å². The highest BCUT2D eigenvalue weighted by atomic mass is 16.5. The molecule has 2 amide bonds. The van der Waals surface area contributed by atoms with Gasteiger partial charge in [0, 0.05) is 20.2 Å². The first-order valence-corrected chi connectivity index (χ1v) is 10.2. The van der Waals surface area contributed by atoms with Gasteiger partial charge >= 0.3 is 0 Å². The lowest BCUT2D eigenvalue weighted by Crippen LogP contribution is -2.47. The van der Waals surface area contributed by atoms with Gasteiger partial charge in [-0.1, -0.05) is 51.9 Å². The average Bonchev–Trinajstić information content (AvgIpc) is 3.05. The molecule has 0 aromatic carbocycles. The highest BCUT2D eigenvalue weighted by Gasteiger charge is 2.37. The molecule has 0 bridgehead atoms. The Balaban J connectivity index is 1.77. The molecule has 2 fully saturated rings. The van der Waals surface area contributed by atoms with Gasteiger partial charge in [-0.2, -0.15) is 0 Å². The van der Waals surface area contributed by atoms with Crippen LogP contribution in [0.3, 0.4) is 0 Å². The van der Waals surface area contributed by atoms with E-state index in [1.807, 2.05) is 6.92 Å². The van der Waals surface area contributed by atoms with E-state index >= 15 is 0 Å². The van der Waals surface area contributed by atoms with Crippen LogP contribution in [0.1, 0.15) is 71.1 Å². The molecule has 2 aliphatic rings. The van der Waals surface area contributed by atoms with Crippen molar-refractivity contribution in [3.8, 4) is 0 Å². The standard InChI is InChI=1S/C20H36N2O3/c1-16(19(25-2)18-11-8-14-22(18)15-23)20(24)21-13-12-17-9-6-4-3-5-7-10-17/h15-19H,3-14H2,1-2H3,(H,21,24).